The minimum Gasteiger partial charge on any atom is -0.311 e. The zero-order chi connectivity index (χ0) is 12.9. The molecule has 1 aromatic carbocycles. The Morgan fingerprint density at radius 2 is 1.82 bits per heavy atom. The molecule has 0 aliphatic heterocycles. The van der Waals surface area contributed by atoms with Crippen molar-refractivity contribution >= 4 is 7.60 Å². The number of hydrogen-bond donors (Lipinski definition) is 0. The van der Waals surface area contributed by atoms with Crippen molar-refractivity contribution in [1.29, 1.82) is 0 Å². The van der Waals surface area contributed by atoms with E-state index in [2.05, 4.69) is 0 Å². The van der Waals surface area contributed by atoms with E-state index in [9.17, 15) is 14.7 Å². The molecule has 0 fully saturated rings. The third-order valence-corrected chi connectivity index (χ3v) is 4.64. The van der Waals surface area contributed by atoms with Gasteiger partial charge in [-0.3, -0.25) is 14.7 Å². The van der Waals surface area contributed by atoms with Gasteiger partial charge in [0, 0.05) is 19.1 Å². The lowest BCUT2D eigenvalue weighted by Crippen LogP contribution is -2.14. The highest BCUT2D eigenvalue weighted by atomic mass is 31.2. The molecule has 7 heteroatoms. The molecule has 1 rings (SSSR count). The first-order valence-electron chi connectivity index (χ1n) is 4.91. The van der Waals surface area contributed by atoms with E-state index in [-0.39, 0.29) is 0 Å². The van der Waals surface area contributed by atoms with Crippen molar-refractivity contribution in [2.45, 2.75) is 5.66 Å². The fourth-order valence-corrected chi connectivity index (χ4v) is 3.06. The second-order valence-electron chi connectivity index (χ2n) is 3.35. The summed E-state index contributed by atoms with van der Waals surface area (Å²) in [5.41, 5.74) is -0.329. The highest BCUT2D eigenvalue weighted by Crippen LogP contribution is 2.59. The van der Waals surface area contributed by atoms with E-state index in [4.69, 9.17) is 9.05 Å². The summed E-state index contributed by atoms with van der Waals surface area (Å²) in [5, 5.41) is 10.6. The smallest absolute Gasteiger partial charge is 0.311 e. The zero-order valence-electron chi connectivity index (χ0n) is 9.61. The highest BCUT2D eigenvalue weighted by Gasteiger charge is 2.39. The van der Waals surface area contributed by atoms with Gasteiger partial charge < -0.3 is 9.05 Å². The van der Waals surface area contributed by atoms with Crippen LogP contribution in [0.25, 0.3) is 0 Å². The van der Waals surface area contributed by atoms with Gasteiger partial charge in [0.1, 0.15) is 0 Å². The molecule has 17 heavy (non-hydrogen) atoms. The first-order chi connectivity index (χ1) is 8.03. The van der Waals surface area contributed by atoms with Gasteiger partial charge >= 0.3 is 7.60 Å². The number of hydrogen-bond acceptors (Lipinski definition) is 5. The maximum absolute atomic E-state index is 12.2. The Morgan fingerprint density at radius 3 is 2.24 bits per heavy atom. The Labute approximate surface area is 99.2 Å². The molecule has 0 unspecified atom stereocenters. The monoisotopic (exact) mass is 259 g/mol. The lowest BCUT2D eigenvalue weighted by molar-refractivity contribution is -0.480. The van der Waals surface area contributed by atoms with Crippen molar-refractivity contribution in [3.05, 3.63) is 46.0 Å². The Hall–Kier alpha value is -1.23. The van der Waals surface area contributed by atoms with Crippen LogP contribution in [-0.2, 0) is 13.6 Å². The molecule has 0 aromatic heterocycles. The summed E-state index contributed by atoms with van der Waals surface area (Å²) >= 11 is 0. The van der Waals surface area contributed by atoms with E-state index in [1.165, 1.54) is 14.2 Å². The van der Waals surface area contributed by atoms with Crippen molar-refractivity contribution in [1.82, 2.24) is 0 Å². The molecule has 94 valence electrons. The van der Waals surface area contributed by atoms with Crippen LogP contribution in [0.1, 0.15) is 11.2 Å². The van der Waals surface area contributed by atoms with Gasteiger partial charge in [0.15, 0.2) is 5.66 Å². The summed E-state index contributed by atoms with van der Waals surface area (Å²) in [6.45, 7) is -0.497. The van der Waals surface area contributed by atoms with E-state index in [1.54, 1.807) is 30.3 Å². The summed E-state index contributed by atoms with van der Waals surface area (Å²) in [6.07, 6.45) is 0. The molecule has 0 saturated carbocycles. The molecule has 0 aliphatic rings. The average Bonchev–Trinajstić information content (AvgIpc) is 2.36. The Morgan fingerprint density at radius 1 is 1.29 bits per heavy atom. The lowest BCUT2D eigenvalue weighted by Gasteiger charge is -2.21. The van der Waals surface area contributed by atoms with Crippen LogP contribution in [0.5, 0.6) is 0 Å². The van der Waals surface area contributed by atoms with E-state index >= 15 is 0 Å². The largest absolute Gasteiger partial charge is 0.344 e. The maximum Gasteiger partial charge on any atom is 0.344 e. The normalized spacial score (nSPS) is 13.3. The molecular weight excluding hydrogens is 245 g/mol. The van der Waals surface area contributed by atoms with Crippen molar-refractivity contribution in [2.75, 3.05) is 20.8 Å². The molecule has 0 heterocycles. The molecule has 0 saturated heterocycles. The molecule has 6 nitrogen and oxygen atoms in total. The van der Waals surface area contributed by atoms with E-state index in [0.29, 0.717) is 5.56 Å². The lowest BCUT2D eigenvalue weighted by atomic mass is 10.1. The Bertz CT molecular complexity index is 414. The first-order valence-corrected chi connectivity index (χ1v) is 6.52. The van der Waals surface area contributed by atoms with E-state index < -0.39 is 24.7 Å². The Balaban J connectivity index is 3.12. The predicted molar refractivity (Wildman–Crippen MR) is 62.7 cm³/mol. The molecule has 1 atom stereocenters. The summed E-state index contributed by atoms with van der Waals surface area (Å²) in [4.78, 5) is 10.1. The van der Waals surface area contributed by atoms with Gasteiger partial charge in [0.25, 0.3) is 0 Å². The van der Waals surface area contributed by atoms with Crippen LogP contribution in [0.4, 0.5) is 0 Å². The molecular formula is C10H14NO5P. The molecule has 0 N–H and O–H groups in total. The van der Waals surface area contributed by atoms with Crippen LogP contribution in [0.15, 0.2) is 30.3 Å². The summed E-state index contributed by atoms with van der Waals surface area (Å²) < 4.78 is 21.9. The summed E-state index contributed by atoms with van der Waals surface area (Å²) in [6, 6.07) is 8.55. The summed E-state index contributed by atoms with van der Waals surface area (Å²) in [5.74, 6) is 0. The average molecular weight is 259 g/mol. The second-order valence-corrected chi connectivity index (χ2v) is 5.78. The van der Waals surface area contributed by atoms with E-state index in [1.807, 2.05) is 0 Å². The highest BCUT2D eigenvalue weighted by molar-refractivity contribution is 7.54. The quantitative estimate of drug-likeness (QED) is 0.445. The zero-order valence-corrected chi connectivity index (χ0v) is 10.5. The van der Waals surface area contributed by atoms with Gasteiger partial charge in [-0.15, -0.1) is 0 Å². The first kappa shape index (κ1) is 13.8. The minimum absolute atomic E-state index is 0.497. The minimum atomic E-state index is -3.51. The molecule has 0 radical (unpaired) electrons. The van der Waals surface area contributed by atoms with Gasteiger partial charge in [0.05, 0.1) is 0 Å². The van der Waals surface area contributed by atoms with Crippen molar-refractivity contribution in [3.63, 3.8) is 0 Å². The third kappa shape index (κ3) is 3.36. The van der Waals surface area contributed by atoms with Gasteiger partial charge in [-0.1, -0.05) is 30.3 Å². The van der Waals surface area contributed by atoms with Gasteiger partial charge in [-0.05, 0) is 5.56 Å². The van der Waals surface area contributed by atoms with Crippen LogP contribution < -0.4 is 0 Å². The fraction of sp³-hybridized carbons (Fsp3) is 0.400. The van der Waals surface area contributed by atoms with E-state index in [0.717, 1.165) is 0 Å². The van der Waals surface area contributed by atoms with Crippen LogP contribution in [-0.4, -0.2) is 25.7 Å². The second kappa shape index (κ2) is 5.91. The predicted octanol–water partition coefficient (Wildman–Crippen LogP) is 2.49. The van der Waals surface area contributed by atoms with Crippen molar-refractivity contribution < 1.29 is 18.5 Å². The van der Waals surface area contributed by atoms with Crippen LogP contribution >= 0.6 is 7.60 Å². The number of nitro groups is 1. The van der Waals surface area contributed by atoms with Crippen molar-refractivity contribution in [2.24, 2.45) is 0 Å². The van der Waals surface area contributed by atoms with Crippen LogP contribution in [0.3, 0.4) is 0 Å². The van der Waals surface area contributed by atoms with Crippen molar-refractivity contribution in [3.8, 4) is 0 Å². The standard InChI is InChI=1S/C10H14NO5P/c1-15-17(14,16-2)10(8-11(12)13)9-6-4-3-5-7-9/h3-7,10H,8H2,1-2H3/t10-/m0/s1. The number of nitrogens with zero attached hydrogens (tertiary/aromatic N) is 1. The molecule has 0 spiro atoms. The van der Waals surface area contributed by atoms with Gasteiger partial charge in [-0.2, -0.15) is 0 Å². The van der Waals surface area contributed by atoms with Crippen LogP contribution in [0, 0.1) is 10.1 Å². The van der Waals surface area contributed by atoms with Gasteiger partial charge in [-0.25, -0.2) is 0 Å². The molecule has 0 aliphatic carbocycles. The topological polar surface area (TPSA) is 78.7 Å². The van der Waals surface area contributed by atoms with Crippen LogP contribution in [0.2, 0.25) is 0 Å². The molecule has 0 amide bonds. The van der Waals surface area contributed by atoms with Gasteiger partial charge in [0.2, 0.25) is 6.54 Å². The number of benzene rings is 1. The number of rotatable bonds is 6. The summed E-state index contributed by atoms with van der Waals surface area (Å²) in [7, 11) is -1.06. The third-order valence-electron chi connectivity index (χ3n) is 2.40. The SMILES string of the molecule is COP(=O)(OC)[C@@H](C[N+](=O)[O-])c1ccccc1. The maximum atomic E-state index is 12.2. The molecule has 0 bridgehead atoms. The Kier molecular flexibility index (Phi) is 4.81. The fourth-order valence-electron chi connectivity index (χ4n) is 1.53. The molecule has 1 aromatic rings.